The Labute approximate surface area is 131 Å². The van der Waals surface area contributed by atoms with Crippen LogP contribution in [0.25, 0.3) is 10.2 Å². The van der Waals surface area contributed by atoms with E-state index in [0.717, 1.165) is 15.2 Å². The van der Waals surface area contributed by atoms with E-state index in [2.05, 4.69) is 4.98 Å². The molecule has 1 aromatic heterocycles. The molecule has 0 saturated heterocycles. The van der Waals surface area contributed by atoms with Gasteiger partial charge in [-0.2, -0.15) is 0 Å². The van der Waals surface area contributed by atoms with Crippen LogP contribution in [0.1, 0.15) is 5.01 Å². The Bertz CT molecular complexity index is 752. The largest absolute Gasteiger partial charge is 0.486 e. The Morgan fingerprint density at radius 3 is 2.86 bits per heavy atom. The van der Waals surface area contributed by atoms with Crippen LogP contribution in [-0.2, 0) is 11.2 Å². The van der Waals surface area contributed by atoms with E-state index < -0.39 is 0 Å². The van der Waals surface area contributed by atoms with Gasteiger partial charge >= 0.3 is 0 Å². The summed E-state index contributed by atoms with van der Waals surface area (Å²) >= 11 is 7.40. The van der Waals surface area contributed by atoms with Crippen LogP contribution >= 0.6 is 22.9 Å². The number of thiazole rings is 1. The Morgan fingerprint density at radius 1 is 1.19 bits per heavy atom. The second-order valence-electron chi connectivity index (χ2n) is 4.54. The zero-order valence-corrected chi connectivity index (χ0v) is 12.7. The molecule has 3 nitrogen and oxygen atoms in total. The molecule has 0 fully saturated rings. The van der Waals surface area contributed by atoms with Crippen molar-refractivity contribution >= 4 is 38.9 Å². The summed E-state index contributed by atoms with van der Waals surface area (Å²) < 4.78 is 6.53. The highest BCUT2D eigenvalue weighted by Crippen LogP contribution is 2.22. The average Bonchev–Trinajstić information content (AvgIpc) is 2.87. The van der Waals surface area contributed by atoms with Crippen LogP contribution in [0.3, 0.4) is 0 Å². The number of para-hydroxylation sites is 1. The number of hydrogen-bond acceptors (Lipinski definition) is 4. The standard InChI is InChI=1S/C16H12ClNO2S/c17-11-4-3-5-13(8-11)20-10-12(19)9-16-18-14-6-1-2-7-15(14)21-16/h1-8H,9-10H2. The van der Waals surface area contributed by atoms with Gasteiger partial charge in [0.2, 0.25) is 0 Å². The van der Waals surface area contributed by atoms with Gasteiger partial charge in [-0.15, -0.1) is 11.3 Å². The summed E-state index contributed by atoms with van der Waals surface area (Å²) in [5.41, 5.74) is 0.932. The third-order valence-electron chi connectivity index (χ3n) is 2.88. The van der Waals surface area contributed by atoms with Crippen molar-refractivity contribution in [3.8, 4) is 5.75 Å². The summed E-state index contributed by atoms with van der Waals surface area (Å²) in [7, 11) is 0. The molecule has 106 valence electrons. The van der Waals surface area contributed by atoms with Crippen LogP contribution in [0.15, 0.2) is 48.5 Å². The van der Waals surface area contributed by atoms with E-state index in [1.807, 2.05) is 24.3 Å². The molecule has 5 heteroatoms. The topological polar surface area (TPSA) is 39.2 Å². The van der Waals surface area contributed by atoms with Gasteiger partial charge < -0.3 is 4.74 Å². The summed E-state index contributed by atoms with van der Waals surface area (Å²) in [4.78, 5) is 16.4. The highest BCUT2D eigenvalue weighted by molar-refractivity contribution is 7.18. The fourth-order valence-corrected chi connectivity index (χ4v) is 3.11. The molecule has 3 aromatic rings. The number of fused-ring (bicyclic) bond motifs is 1. The number of carbonyl (C=O) groups is 1. The molecular weight excluding hydrogens is 306 g/mol. The molecule has 21 heavy (non-hydrogen) atoms. The summed E-state index contributed by atoms with van der Waals surface area (Å²) in [5, 5.41) is 1.40. The molecule has 0 aliphatic heterocycles. The molecule has 0 amide bonds. The van der Waals surface area contributed by atoms with Crippen LogP contribution in [0.2, 0.25) is 5.02 Å². The van der Waals surface area contributed by atoms with Crippen LogP contribution < -0.4 is 4.74 Å². The number of carbonyl (C=O) groups excluding carboxylic acids is 1. The SMILES string of the molecule is O=C(COc1cccc(Cl)c1)Cc1nc2ccccc2s1. The molecule has 0 spiro atoms. The summed E-state index contributed by atoms with van der Waals surface area (Å²) in [6.45, 7) is 0.0241. The minimum atomic E-state index is -0.00553. The normalized spacial score (nSPS) is 10.7. The number of nitrogens with zero attached hydrogens (tertiary/aromatic N) is 1. The van der Waals surface area contributed by atoms with Gasteiger partial charge in [0.25, 0.3) is 0 Å². The minimum Gasteiger partial charge on any atom is -0.486 e. The molecule has 0 aliphatic rings. The Balaban J connectivity index is 1.61. The Kier molecular flexibility index (Phi) is 4.18. The van der Waals surface area contributed by atoms with Crippen molar-refractivity contribution in [1.82, 2.24) is 4.98 Å². The van der Waals surface area contributed by atoms with Crippen LogP contribution in [0, 0.1) is 0 Å². The third-order valence-corrected chi connectivity index (χ3v) is 4.15. The van der Waals surface area contributed by atoms with Gasteiger partial charge in [0.05, 0.1) is 16.6 Å². The lowest BCUT2D eigenvalue weighted by Gasteiger charge is -2.04. The Hall–Kier alpha value is -1.91. The molecule has 0 unspecified atom stereocenters. The molecule has 0 atom stereocenters. The van der Waals surface area contributed by atoms with Crippen LogP contribution in [0.5, 0.6) is 5.75 Å². The highest BCUT2D eigenvalue weighted by atomic mass is 35.5. The number of Topliss-reactive ketones (excluding diaryl/α,β-unsaturated/α-hetero) is 1. The summed E-state index contributed by atoms with van der Waals surface area (Å²) in [5.74, 6) is 0.592. The van der Waals surface area contributed by atoms with E-state index >= 15 is 0 Å². The monoisotopic (exact) mass is 317 g/mol. The first-order chi connectivity index (χ1) is 10.2. The molecule has 0 N–H and O–H groups in total. The van der Waals surface area contributed by atoms with Gasteiger partial charge in [0, 0.05) is 5.02 Å². The molecule has 0 radical (unpaired) electrons. The van der Waals surface area contributed by atoms with Crippen molar-refractivity contribution in [2.75, 3.05) is 6.61 Å². The van der Waals surface area contributed by atoms with Gasteiger partial charge in [-0.05, 0) is 30.3 Å². The molecule has 0 saturated carbocycles. The van der Waals surface area contributed by atoms with E-state index in [1.54, 1.807) is 35.6 Å². The summed E-state index contributed by atoms with van der Waals surface area (Å²) in [6.07, 6.45) is 0.292. The highest BCUT2D eigenvalue weighted by Gasteiger charge is 2.09. The molecule has 3 rings (SSSR count). The van der Waals surface area contributed by atoms with Crippen molar-refractivity contribution in [1.29, 1.82) is 0 Å². The fraction of sp³-hybridized carbons (Fsp3) is 0.125. The van der Waals surface area contributed by atoms with Crippen molar-refractivity contribution < 1.29 is 9.53 Å². The second-order valence-corrected chi connectivity index (χ2v) is 6.09. The maximum absolute atomic E-state index is 12.0. The lowest BCUT2D eigenvalue weighted by atomic mass is 10.3. The van der Waals surface area contributed by atoms with E-state index in [-0.39, 0.29) is 12.4 Å². The minimum absolute atomic E-state index is 0.00553. The van der Waals surface area contributed by atoms with Crippen molar-refractivity contribution in [3.05, 3.63) is 58.6 Å². The second kappa shape index (κ2) is 6.24. The number of rotatable bonds is 5. The lowest BCUT2D eigenvalue weighted by Crippen LogP contribution is -2.13. The quantitative estimate of drug-likeness (QED) is 0.710. The maximum Gasteiger partial charge on any atom is 0.176 e. The number of halogens is 1. The first-order valence-electron chi connectivity index (χ1n) is 6.45. The van der Waals surface area contributed by atoms with Crippen LogP contribution in [-0.4, -0.2) is 17.4 Å². The zero-order valence-electron chi connectivity index (χ0n) is 11.1. The number of ketones is 1. The first-order valence-corrected chi connectivity index (χ1v) is 7.65. The fourth-order valence-electron chi connectivity index (χ4n) is 1.94. The predicted octanol–water partition coefficient (Wildman–Crippen LogP) is 4.14. The van der Waals surface area contributed by atoms with Crippen molar-refractivity contribution in [3.63, 3.8) is 0 Å². The first kappa shape index (κ1) is 14.0. The van der Waals surface area contributed by atoms with Crippen LogP contribution in [0.4, 0.5) is 0 Å². The van der Waals surface area contributed by atoms with E-state index in [4.69, 9.17) is 16.3 Å². The predicted molar refractivity (Wildman–Crippen MR) is 85.3 cm³/mol. The Morgan fingerprint density at radius 2 is 2.05 bits per heavy atom. The number of aromatic nitrogens is 1. The van der Waals surface area contributed by atoms with Gasteiger partial charge in [-0.1, -0.05) is 29.8 Å². The third kappa shape index (κ3) is 3.60. The zero-order chi connectivity index (χ0) is 14.7. The van der Waals surface area contributed by atoms with Crippen molar-refractivity contribution in [2.24, 2.45) is 0 Å². The van der Waals surface area contributed by atoms with Gasteiger partial charge in [-0.25, -0.2) is 4.98 Å². The molecule has 0 aliphatic carbocycles. The molecule has 0 bridgehead atoms. The van der Waals surface area contributed by atoms with Crippen molar-refractivity contribution in [2.45, 2.75) is 6.42 Å². The number of ether oxygens (including phenoxy) is 1. The smallest absolute Gasteiger partial charge is 0.176 e. The van der Waals surface area contributed by atoms with E-state index in [1.165, 1.54) is 0 Å². The van der Waals surface area contributed by atoms with Gasteiger partial charge in [0.15, 0.2) is 5.78 Å². The molecule has 1 heterocycles. The van der Waals surface area contributed by atoms with Gasteiger partial charge in [0.1, 0.15) is 17.4 Å². The van der Waals surface area contributed by atoms with E-state index in [0.29, 0.717) is 17.2 Å². The average molecular weight is 318 g/mol. The lowest BCUT2D eigenvalue weighted by molar-refractivity contribution is -0.120. The van der Waals surface area contributed by atoms with Gasteiger partial charge in [-0.3, -0.25) is 4.79 Å². The number of benzene rings is 2. The number of hydrogen-bond donors (Lipinski definition) is 0. The summed E-state index contributed by atoms with van der Waals surface area (Å²) in [6, 6.07) is 14.9. The molecule has 2 aromatic carbocycles. The molecular formula is C16H12ClNO2S. The maximum atomic E-state index is 12.0. The van der Waals surface area contributed by atoms with E-state index in [9.17, 15) is 4.79 Å².